The lowest BCUT2D eigenvalue weighted by molar-refractivity contribution is -0.153. The Labute approximate surface area is 118 Å². The number of aryl methyl sites for hydroxylation is 1. The van der Waals surface area contributed by atoms with Crippen molar-refractivity contribution in [2.45, 2.75) is 19.8 Å². The molecule has 0 spiro atoms. The lowest BCUT2D eigenvalue weighted by Gasteiger charge is -2.33. The molecule has 2 rings (SSSR count). The van der Waals surface area contributed by atoms with E-state index >= 15 is 0 Å². The van der Waals surface area contributed by atoms with Crippen LogP contribution in [0.2, 0.25) is 0 Å². The number of nitrogens with one attached hydrogen (secondary N) is 1. The summed E-state index contributed by atoms with van der Waals surface area (Å²) < 4.78 is 5.25. The topological polar surface area (TPSA) is 82.4 Å². The summed E-state index contributed by atoms with van der Waals surface area (Å²) in [4.78, 5) is 11.6. The van der Waals surface area contributed by atoms with Gasteiger partial charge in [-0.1, -0.05) is 12.1 Å². The molecule has 1 aromatic rings. The average Bonchev–Trinajstić information content (AvgIpc) is 2.46. The number of benzene rings is 1. The maximum Gasteiger partial charge on any atom is 0.311 e. The molecule has 20 heavy (non-hydrogen) atoms. The van der Waals surface area contributed by atoms with E-state index in [9.17, 15) is 9.90 Å². The third-order valence-electron chi connectivity index (χ3n) is 3.90. The predicted molar refractivity (Wildman–Crippen MR) is 74.5 cm³/mol. The van der Waals surface area contributed by atoms with E-state index in [-0.39, 0.29) is 0 Å². The Morgan fingerprint density at radius 1 is 1.50 bits per heavy atom. The summed E-state index contributed by atoms with van der Waals surface area (Å²) in [6, 6.07) is 7.58. The Bertz CT molecular complexity index is 543. The average molecular weight is 274 g/mol. The van der Waals surface area contributed by atoms with Crippen molar-refractivity contribution >= 4 is 11.7 Å². The van der Waals surface area contributed by atoms with E-state index in [1.54, 1.807) is 6.07 Å². The van der Waals surface area contributed by atoms with Gasteiger partial charge in [0.15, 0.2) is 0 Å². The van der Waals surface area contributed by atoms with E-state index in [4.69, 9.17) is 10.00 Å². The van der Waals surface area contributed by atoms with Crippen molar-refractivity contribution in [1.82, 2.24) is 0 Å². The van der Waals surface area contributed by atoms with Crippen molar-refractivity contribution < 1.29 is 14.6 Å². The third-order valence-corrected chi connectivity index (χ3v) is 3.90. The zero-order chi connectivity index (χ0) is 14.6. The molecule has 1 aliphatic heterocycles. The summed E-state index contributed by atoms with van der Waals surface area (Å²) in [5.74, 6) is -0.805. The molecule has 1 saturated heterocycles. The summed E-state index contributed by atoms with van der Waals surface area (Å²) in [6.45, 7) is 3.14. The largest absolute Gasteiger partial charge is 0.481 e. The van der Waals surface area contributed by atoms with E-state index in [1.807, 2.05) is 19.1 Å². The number of aliphatic carboxylic acids is 1. The smallest absolute Gasteiger partial charge is 0.311 e. The first-order valence-electron chi connectivity index (χ1n) is 6.64. The third kappa shape index (κ3) is 2.75. The normalized spacial score (nSPS) is 17.2. The number of hydrogen-bond donors (Lipinski definition) is 2. The molecule has 0 saturated carbocycles. The minimum absolute atomic E-state index is 0.311. The molecule has 1 heterocycles. The molecule has 1 aromatic carbocycles. The first kappa shape index (κ1) is 14.4. The quantitative estimate of drug-likeness (QED) is 0.879. The number of hydrogen-bond acceptors (Lipinski definition) is 4. The van der Waals surface area contributed by atoms with Gasteiger partial charge >= 0.3 is 5.97 Å². The molecule has 0 unspecified atom stereocenters. The fourth-order valence-electron chi connectivity index (χ4n) is 2.48. The maximum atomic E-state index is 11.6. The van der Waals surface area contributed by atoms with Gasteiger partial charge in [0.05, 0.1) is 16.7 Å². The van der Waals surface area contributed by atoms with Crippen molar-refractivity contribution in [3.05, 3.63) is 29.3 Å². The number of carboxylic acids is 1. The SMILES string of the molecule is Cc1cccc(C#N)c1NCC1(C(=O)O)CCOCC1. The molecule has 2 N–H and O–H groups in total. The number of anilines is 1. The molecule has 0 atom stereocenters. The number of carbonyl (C=O) groups is 1. The van der Waals surface area contributed by atoms with Gasteiger partial charge in [-0.2, -0.15) is 5.26 Å². The van der Waals surface area contributed by atoms with Crippen LogP contribution >= 0.6 is 0 Å². The monoisotopic (exact) mass is 274 g/mol. The lowest BCUT2D eigenvalue weighted by atomic mass is 9.80. The van der Waals surface area contributed by atoms with Crippen molar-refractivity contribution in [2.75, 3.05) is 25.1 Å². The van der Waals surface area contributed by atoms with Crippen LogP contribution in [0.5, 0.6) is 0 Å². The Morgan fingerprint density at radius 2 is 2.20 bits per heavy atom. The molecule has 5 nitrogen and oxygen atoms in total. The summed E-state index contributed by atoms with van der Waals surface area (Å²) >= 11 is 0. The van der Waals surface area contributed by atoms with Crippen molar-refractivity contribution in [3.8, 4) is 6.07 Å². The van der Waals surface area contributed by atoms with Crippen LogP contribution < -0.4 is 5.32 Å². The van der Waals surface area contributed by atoms with Crippen LogP contribution in [0.4, 0.5) is 5.69 Å². The van der Waals surface area contributed by atoms with Crippen molar-refractivity contribution in [1.29, 1.82) is 5.26 Å². The minimum atomic E-state index is -0.812. The van der Waals surface area contributed by atoms with E-state index in [2.05, 4.69) is 11.4 Å². The summed E-state index contributed by atoms with van der Waals surface area (Å²) in [6.07, 6.45) is 0.978. The Morgan fingerprint density at radius 3 is 2.80 bits per heavy atom. The van der Waals surface area contributed by atoms with E-state index < -0.39 is 11.4 Å². The van der Waals surface area contributed by atoms with E-state index in [1.165, 1.54) is 0 Å². The highest BCUT2D eigenvalue weighted by Gasteiger charge is 2.40. The van der Waals surface area contributed by atoms with Gasteiger partial charge in [-0.15, -0.1) is 0 Å². The van der Waals surface area contributed by atoms with Gasteiger partial charge in [0.1, 0.15) is 6.07 Å². The van der Waals surface area contributed by atoms with Crippen LogP contribution in [0, 0.1) is 23.7 Å². The molecule has 5 heteroatoms. The highest BCUT2D eigenvalue weighted by Crippen LogP contribution is 2.32. The first-order chi connectivity index (χ1) is 9.59. The molecule has 106 valence electrons. The highest BCUT2D eigenvalue weighted by atomic mass is 16.5. The summed E-state index contributed by atoms with van der Waals surface area (Å²) in [5.41, 5.74) is 1.39. The first-order valence-corrected chi connectivity index (χ1v) is 6.64. The maximum absolute atomic E-state index is 11.6. The fourth-order valence-corrected chi connectivity index (χ4v) is 2.48. The number of rotatable bonds is 4. The molecule has 0 aromatic heterocycles. The zero-order valence-electron chi connectivity index (χ0n) is 11.5. The number of carboxylic acid groups (broad SMARTS) is 1. The van der Waals surface area contributed by atoms with Gasteiger partial charge in [0.2, 0.25) is 0 Å². The number of nitrogens with zero attached hydrogens (tertiary/aromatic N) is 1. The van der Waals surface area contributed by atoms with Crippen LogP contribution in [-0.2, 0) is 9.53 Å². The molecular weight excluding hydrogens is 256 g/mol. The summed E-state index contributed by atoms with van der Waals surface area (Å²) in [5, 5.41) is 21.8. The van der Waals surface area contributed by atoms with Crippen LogP contribution in [0.3, 0.4) is 0 Å². The van der Waals surface area contributed by atoms with E-state index in [0.717, 1.165) is 11.3 Å². The molecule has 0 aliphatic carbocycles. The second kappa shape index (κ2) is 5.93. The molecule has 1 aliphatic rings. The fraction of sp³-hybridized carbons (Fsp3) is 0.467. The summed E-state index contributed by atoms with van der Waals surface area (Å²) in [7, 11) is 0. The number of ether oxygens (including phenoxy) is 1. The molecule has 0 radical (unpaired) electrons. The molecule has 0 amide bonds. The Balaban J connectivity index is 2.19. The van der Waals surface area contributed by atoms with Gasteiger partial charge in [0, 0.05) is 19.8 Å². The predicted octanol–water partition coefficient (Wildman–Crippen LogP) is 2.16. The van der Waals surface area contributed by atoms with Crippen LogP contribution in [0.15, 0.2) is 18.2 Å². The van der Waals surface area contributed by atoms with Crippen molar-refractivity contribution in [2.24, 2.45) is 5.41 Å². The lowest BCUT2D eigenvalue weighted by Crippen LogP contribution is -2.42. The minimum Gasteiger partial charge on any atom is -0.481 e. The second-order valence-electron chi connectivity index (χ2n) is 5.16. The second-order valence-corrected chi connectivity index (χ2v) is 5.16. The van der Waals surface area contributed by atoms with Gasteiger partial charge in [-0.05, 0) is 31.4 Å². The van der Waals surface area contributed by atoms with Gasteiger partial charge in [0.25, 0.3) is 0 Å². The molecule has 1 fully saturated rings. The van der Waals surface area contributed by atoms with Crippen LogP contribution in [0.25, 0.3) is 0 Å². The van der Waals surface area contributed by atoms with Gasteiger partial charge in [-0.25, -0.2) is 0 Å². The van der Waals surface area contributed by atoms with Crippen LogP contribution in [-0.4, -0.2) is 30.8 Å². The number of nitriles is 1. The molecule has 0 bridgehead atoms. The van der Waals surface area contributed by atoms with Gasteiger partial charge < -0.3 is 15.2 Å². The van der Waals surface area contributed by atoms with Crippen molar-refractivity contribution in [3.63, 3.8) is 0 Å². The standard InChI is InChI=1S/C15H18N2O3/c1-11-3-2-4-12(9-16)13(11)17-10-15(14(18)19)5-7-20-8-6-15/h2-4,17H,5-8,10H2,1H3,(H,18,19). The number of para-hydroxylation sites is 1. The Kier molecular flexibility index (Phi) is 4.26. The zero-order valence-corrected chi connectivity index (χ0v) is 11.5. The molecular formula is C15H18N2O3. The van der Waals surface area contributed by atoms with Crippen LogP contribution in [0.1, 0.15) is 24.0 Å². The van der Waals surface area contributed by atoms with E-state index in [0.29, 0.717) is 38.2 Å². The Hall–Kier alpha value is -2.06. The highest BCUT2D eigenvalue weighted by molar-refractivity contribution is 5.76. The van der Waals surface area contributed by atoms with Gasteiger partial charge in [-0.3, -0.25) is 4.79 Å².